The van der Waals surface area contributed by atoms with Gasteiger partial charge < -0.3 is 5.32 Å². The van der Waals surface area contributed by atoms with Crippen LogP contribution in [0.25, 0.3) is 0 Å². The van der Waals surface area contributed by atoms with Gasteiger partial charge in [0.15, 0.2) is 0 Å². The Bertz CT molecular complexity index is 587. The van der Waals surface area contributed by atoms with Crippen LogP contribution >= 0.6 is 11.8 Å². The third-order valence-electron chi connectivity index (χ3n) is 2.85. The highest BCUT2D eigenvalue weighted by Gasteiger charge is 1.99. The minimum atomic E-state index is 0.476. The average Bonchev–Trinajstić information content (AvgIpc) is 2.52. The molecule has 0 unspecified atom stereocenters. The first-order chi connectivity index (χ1) is 9.81. The van der Waals surface area contributed by atoms with Crippen LogP contribution in [0.4, 0.5) is 0 Å². The molecule has 0 aliphatic carbocycles. The van der Waals surface area contributed by atoms with E-state index in [9.17, 15) is 0 Å². The van der Waals surface area contributed by atoms with Gasteiger partial charge in [0, 0.05) is 23.4 Å². The fourth-order valence-electron chi connectivity index (χ4n) is 1.76. The van der Waals surface area contributed by atoms with Crippen LogP contribution in [-0.2, 0) is 12.3 Å². The number of nitrogens with zero attached hydrogens (tertiary/aromatic N) is 2. The quantitative estimate of drug-likeness (QED) is 0.826. The van der Waals surface area contributed by atoms with E-state index in [2.05, 4.69) is 47.6 Å². The van der Waals surface area contributed by atoms with Crippen LogP contribution in [-0.4, -0.2) is 11.5 Å². The molecule has 1 aromatic heterocycles. The lowest BCUT2D eigenvalue weighted by molar-refractivity contribution is 0.726. The normalized spacial score (nSPS) is 10.2. The zero-order valence-electron chi connectivity index (χ0n) is 11.5. The lowest BCUT2D eigenvalue weighted by Crippen LogP contribution is -2.11. The first-order valence-electron chi connectivity index (χ1n) is 6.59. The van der Waals surface area contributed by atoms with E-state index >= 15 is 0 Å². The Morgan fingerprint density at radius 2 is 2.00 bits per heavy atom. The van der Waals surface area contributed by atoms with Crippen molar-refractivity contribution in [2.45, 2.75) is 24.1 Å². The Balaban J connectivity index is 1.92. The third-order valence-corrected chi connectivity index (χ3v) is 3.93. The maximum atomic E-state index is 8.82. The van der Waals surface area contributed by atoms with Crippen molar-refractivity contribution in [2.75, 3.05) is 6.54 Å². The number of rotatable bonds is 6. The van der Waals surface area contributed by atoms with Gasteiger partial charge in [0.25, 0.3) is 0 Å². The molecule has 1 heterocycles. The Morgan fingerprint density at radius 3 is 2.70 bits per heavy atom. The highest BCUT2D eigenvalue weighted by Crippen LogP contribution is 2.23. The summed E-state index contributed by atoms with van der Waals surface area (Å²) < 4.78 is 0. The van der Waals surface area contributed by atoms with Crippen molar-refractivity contribution in [3.05, 3.63) is 59.4 Å². The van der Waals surface area contributed by atoms with Crippen LogP contribution in [0.2, 0.25) is 0 Å². The zero-order chi connectivity index (χ0) is 14.2. The van der Waals surface area contributed by atoms with Crippen LogP contribution in [0, 0.1) is 11.3 Å². The van der Waals surface area contributed by atoms with E-state index in [1.54, 1.807) is 18.0 Å². The summed E-state index contributed by atoms with van der Waals surface area (Å²) in [5.41, 5.74) is 2.90. The molecular formula is C16H17N3S. The topological polar surface area (TPSA) is 48.7 Å². The van der Waals surface area contributed by atoms with Gasteiger partial charge in [-0.2, -0.15) is 5.26 Å². The number of hydrogen-bond donors (Lipinski definition) is 1. The van der Waals surface area contributed by atoms with Crippen LogP contribution in [0.3, 0.4) is 0 Å². The first-order valence-corrected chi connectivity index (χ1v) is 7.58. The Kier molecular flexibility index (Phi) is 5.60. The molecular weight excluding hydrogens is 266 g/mol. The van der Waals surface area contributed by atoms with Gasteiger partial charge in [0.05, 0.1) is 0 Å². The molecule has 3 nitrogen and oxygen atoms in total. The minimum Gasteiger partial charge on any atom is -0.313 e. The van der Waals surface area contributed by atoms with Gasteiger partial charge in [-0.3, -0.25) is 0 Å². The summed E-state index contributed by atoms with van der Waals surface area (Å²) >= 11 is 1.77. The fraction of sp³-hybridized carbons (Fsp3) is 0.250. The second-order valence-corrected chi connectivity index (χ2v) is 5.42. The molecule has 0 atom stereocenters. The van der Waals surface area contributed by atoms with Crippen LogP contribution in [0.5, 0.6) is 0 Å². The maximum Gasteiger partial charge on any atom is 0.140 e. The molecule has 20 heavy (non-hydrogen) atoms. The summed E-state index contributed by atoms with van der Waals surface area (Å²) in [6, 6.07) is 14.4. The lowest BCUT2D eigenvalue weighted by atomic mass is 10.2. The number of nitriles is 1. The molecule has 0 aliphatic heterocycles. The van der Waals surface area contributed by atoms with Crippen LogP contribution in [0.15, 0.2) is 47.5 Å². The minimum absolute atomic E-state index is 0.476. The van der Waals surface area contributed by atoms with Crippen molar-refractivity contribution < 1.29 is 0 Å². The molecule has 0 fully saturated rings. The number of aromatic nitrogens is 1. The van der Waals surface area contributed by atoms with Crippen LogP contribution < -0.4 is 5.32 Å². The van der Waals surface area contributed by atoms with Gasteiger partial charge in [-0.1, -0.05) is 19.1 Å². The molecule has 0 spiro atoms. The first kappa shape index (κ1) is 14.6. The van der Waals surface area contributed by atoms with Gasteiger partial charge in [0.1, 0.15) is 11.8 Å². The summed E-state index contributed by atoms with van der Waals surface area (Å²) in [4.78, 5) is 5.21. The zero-order valence-corrected chi connectivity index (χ0v) is 12.3. The summed E-state index contributed by atoms with van der Waals surface area (Å²) in [7, 11) is 0. The van der Waals surface area contributed by atoms with Gasteiger partial charge >= 0.3 is 0 Å². The number of hydrogen-bond acceptors (Lipinski definition) is 4. The number of nitrogens with one attached hydrogen (secondary N) is 1. The van der Waals surface area contributed by atoms with Crippen molar-refractivity contribution in [2.24, 2.45) is 0 Å². The van der Waals surface area contributed by atoms with E-state index in [4.69, 9.17) is 5.26 Å². The molecule has 0 saturated heterocycles. The maximum absolute atomic E-state index is 8.82. The number of benzene rings is 1. The van der Waals surface area contributed by atoms with E-state index < -0.39 is 0 Å². The molecule has 2 aromatic rings. The molecule has 0 saturated carbocycles. The molecule has 1 aromatic carbocycles. The predicted octanol–water partition coefficient (Wildman–Crippen LogP) is 3.36. The monoisotopic (exact) mass is 283 g/mol. The molecule has 0 amide bonds. The van der Waals surface area contributed by atoms with Crippen LogP contribution in [0.1, 0.15) is 23.7 Å². The highest BCUT2D eigenvalue weighted by atomic mass is 32.2. The van der Waals surface area contributed by atoms with E-state index in [1.807, 2.05) is 12.1 Å². The highest BCUT2D eigenvalue weighted by molar-refractivity contribution is 7.98. The smallest absolute Gasteiger partial charge is 0.140 e. The van der Waals surface area contributed by atoms with Gasteiger partial charge in [-0.15, -0.1) is 11.8 Å². The number of pyridine rings is 1. The fourth-order valence-corrected chi connectivity index (χ4v) is 2.61. The Hall–Kier alpha value is -1.83. The molecule has 0 bridgehead atoms. The lowest BCUT2D eigenvalue weighted by Gasteiger charge is -2.05. The summed E-state index contributed by atoms with van der Waals surface area (Å²) in [6.07, 6.45) is 1.69. The van der Waals surface area contributed by atoms with Gasteiger partial charge in [-0.25, -0.2) is 4.98 Å². The standard InChI is InChI=1S/C16H17N3S/c1-2-18-11-13-3-5-16(6-4-13)20-12-14-7-8-19-15(9-14)10-17/h3-9,18H,2,11-12H2,1H3. The summed E-state index contributed by atoms with van der Waals surface area (Å²) in [5.74, 6) is 0.851. The third kappa shape index (κ3) is 4.37. The second-order valence-electron chi connectivity index (χ2n) is 4.37. The van der Waals surface area contributed by atoms with Crippen molar-refractivity contribution in [1.29, 1.82) is 5.26 Å². The molecule has 1 N–H and O–H groups in total. The number of thioether (sulfide) groups is 1. The van der Waals surface area contributed by atoms with E-state index in [1.165, 1.54) is 10.5 Å². The molecule has 0 radical (unpaired) electrons. The second kappa shape index (κ2) is 7.68. The Labute approximate surface area is 124 Å². The van der Waals surface area contributed by atoms with Gasteiger partial charge in [0.2, 0.25) is 0 Å². The van der Waals surface area contributed by atoms with E-state index in [-0.39, 0.29) is 0 Å². The van der Waals surface area contributed by atoms with Crippen molar-refractivity contribution in [3.8, 4) is 6.07 Å². The summed E-state index contributed by atoms with van der Waals surface area (Å²) in [6.45, 7) is 4.01. The van der Waals surface area contributed by atoms with Crippen molar-refractivity contribution >= 4 is 11.8 Å². The average molecular weight is 283 g/mol. The Morgan fingerprint density at radius 1 is 1.20 bits per heavy atom. The SMILES string of the molecule is CCNCc1ccc(SCc2ccnc(C#N)c2)cc1. The van der Waals surface area contributed by atoms with Gasteiger partial charge in [-0.05, 0) is 41.9 Å². The van der Waals surface area contributed by atoms with E-state index in [0.29, 0.717) is 5.69 Å². The predicted molar refractivity (Wildman–Crippen MR) is 82.3 cm³/mol. The van der Waals surface area contributed by atoms with Crippen molar-refractivity contribution in [3.63, 3.8) is 0 Å². The molecule has 0 aliphatic rings. The van der Waals surface area contributed by atoms with Crippen molar-refractivity contribution in [1.82, 2.24) is 10.3 Å². The molecule has 2 rings (SSSR count). The van der Waals surface area contributed by atoms with E-state index in [0.717, 1.165) is 24.4 Å². The molecule has 102 valence electrons. The largest absolute Gasteiger partial charge is 0.313 e. The summed E-state index contributed by atoms with van der Waals surface area (Å²) in [5, 5.41) is 12.1. The molecule has 4 heteroatoms.